The van der Waals surface area contributed by atoms with E-state index in [0.717, 1.165) is 53.2 Å². The number of hydrogen-bond donors (Lipinski definition) is 1. The molecule has 26 heavy (non-hydrogen) atoms. The molecule has 0 bridgehead atoms. The van der Waals surface area contributed by atoms with E-state index in [0.29, 0.717) is 6.54 Å². The van der Waals surface area contributed by atoms with Gasteiger partial charge >= 0.3 is 5.00 Å². The van der Waals surface area contributed by atoms with Crippen molar-refractivity contribution in [3.05, 3.63) is 69.0 Å². The molecule has 0 radical (unpaired) electrons. The molecule has 1 N–H and O–H groups in total. The second kappa shape index (κ2) is 8.20. The van der Waals surface area contributed by atoms with Gasteiger partial charge in [0.05, 0.1) is 10.6 Å². The molecule has 0 amide bonds. The summed E-state index contributed by atoms with van der Waals surface area (Å²) in [7, 11) is 2.00. The van der Waals surface area contributed by atoms with Gasteiger partial charge in [-0.15, -0.1) is 0 Å². The monoisotopic (exact) mass is 374 g/mol. The molecule has 0 saturated heterocycles. The minimum absolute atomic E-state index is 0.180. The van der Waals surface area contributed by atoms with Crippen molar-refractivity contribution < 1.29 is 9.31 Å². The van der Waals surface area contributed by atoms with Gasteiger partial charge in [-0.1, -0.05) is 11.3 Å². The number of hydrogen-bond acceptors (Lipinski definition) is 5. The quantitative estimate of drug-likeness (QED) is 0.472. The first-order valence-corrected chi connectivity index (χ1v) is 9.10. The summed E-state index contributed by atoms with van der Waals surface area (Å²) in [5, 5.41) is 20.0. The van der Waals surface area contributed by atoms with E-state index in [2.05, 4.69) is 15.1 Å². The van der Waals surface area contributed by atoms with Gasteiger partial charge in [-0.05, 0) is 62.3 Å². The minimum atomic E-state index is -0.356. The van der Waals surface area contributed by atoms with Crippen LogP contribution in [0.4, 0.5) is 9.39 Å². The van der Waals surface area contributed by atoms with Crippen molar-refractivity contribution in [2.24, 2.45) is 0 Å². The molecular formula is C18H19FN4O2S. The SMILES string of the molecule is CN(CCCc1cc(-c2ccc(F)cc2)n[nH]1)Cc1csc([N+](=O)[O-])c1. The van der Waals surface area contributed by atoms with E-state index in [4.69, 9.17) is 0 Å². The highest BCUT2D eigenvalue weighted by molar-refractivity contribution is 7.13. The van der Waals surface area contributed by atoms with E-state index in [-0.39, 0.29) is 15.7 Å². The summed E-state index contributed by atoms with van der Waals surface area (Å²) in [5.74, 6) is -0.261. The Morgan fingerprint density at radius 3 is 2.77 bits per heavy atom. The van der Waals surface area contributed by atoms with Gasteiger partial charge in [0.15, 0.2) is 0 Å². The standard InChI is InChI=1S/C18H19FN4O2S/c1-22(11-13-9-18(23(24)25)26-12-13)8-2-3-16-10-17(21-20-16)14-4-6-15(19)7-5-14/h4-7,9-10,12H,2-3,8,11H2,1H3,(H,20,21). The van der Waals surface area contributed by atoms with Crippen LogP contribution < -0.4 is 0 Å². The number of rotatable bonds is 8. The van der Waals surface area contributed by atoms with Crippen molar-refractivity contribution >= 4 is 16.3 Å². The highest BCUT2D eigenvalue weighted by atomic mass is 32.1. The van der Waals surface area contributed by atoms with Gasteiger partial charge in [-0.2, -0.15) is 5.10 Å². The number of nitrogens with one attached hydrogen (secondary N) is 1. The Hall–Kier alpha value is -2.58. The van der Waals surface area contributed by atoms with Crippen LogP contribution in [0.15, 0.2) is 41.8 Å². The molecule has 1 aromatic carbocycles. The smallest absolute Gasteiger partial charge is 0.302 e. The first kappa shape index (κ1) is 18.2. The normalized spacial score (nSPS) is 11.2. The van der Waals surface area contributed by atoms with Gasteiger partial charge < -0.3 is 4.90 Å². The average molecular weight is 374 g/mol. The zero-order chi connectivity index (χ0) is 18.5. The van der Waals surface area contributed by atoms with Crippen LogP contribution >= 0.6 is 11.3 Å². The van der Waals surface area contributed by atoms with Crippen molar-refractivity contribution in [1.82, 2.24) is 15.1 Å². The molecule has 0 fully saturated rings. The number of thiophene rings is 1. The fourth-order valence-electron chi connectivity index (χ4n) is 2.73. The average Bonchev–Trinajstić information content (AvgIpc) is 3.25. The van der Waals surface area contributed by atoms with Crippen molar-refractivity contribution in [2.45, 2.75) is 19.4 Å². The predicted molar refractivity (Wildman–Crippen MR) is 99.6 cm³/mol. The van der Waals surface area contributed by atoms with Crippen LogP contribution in [0.3, 0.4) is 0 Å². The van der Waals surface area contributed by atoms with Gasteiger partial charge in [-0.25, -0.2) is 4.39 Å². The first-order valence-electron chi connectivity index (χ1n) is 8.22. The van der Waals surface area contributed by atoms with E-state index in [1.165, 1.54) is 12.1 Å². The number of H-pyrrole nitrogens is 1. The molecule has 0 spiro atoms. The van der Waals surface area contributed by atoms with Crippen LogP contribution in [0, 0.1) is 15.9 Å². The molecule has 6 nitrogen and oxygen atoms in total. The first-order chi connectivity index (χ1) is 12.5. The molecule has 136 valence electrons. The number of aryl methyl sites for hydroxylation is 1. The Bertz CT molecular complexity index is 875. The lowest BCUT2D eigenvalue weighted by molar-refractivity contribution is -0.380. The second-order valence-corrected chi connectivity index (χ2v) is 7.07. The summed E-state index contributed by atoms with van der Waals surface area (Å²) >= 11 is 1.16. The van der Waals surface area contributed by atoms with Crippen molar-refractivity contribution in [3.63, 3.8) is 0 Å². The van der Waals surface area contributed by atoms with Crippen molar-refractivity contribution in [1.29, 1.82) is 0 Å². The Labute approximate surface area is 154 Å². The van der Waals surface area contributed by atoms with E-state index >= 15 is 0 Å². The lowest BCUT2D eigenvalue weighted by atomic mass is 10.1. The van der Waals surface area contributed by atoms with Crippen LogP contribution in [0.5, 0.6) is 0 Å². The Balaban J connectivity index is 1.47. The number of aromatic amines is 1. The third-order valence-corrected chi connectivity index (χ3v) is 4.96. The maximum Gasteiger partial charge on any atom is 0.324 e. The summed E-state index contributed by atoms with van der Waals surface area (Å²) in [6, 6.07) is 9.88. The predicted octanol–water partition coefficient (Wildman–Crippen LogP) is 4.25. The molecular weight excluding hydrogens is 355 g/mol. The van der Waals surface area contributed by atoms with Gasteiger partial charge in [0, 0.05) is 29.2 Å². The van der Waals surface area contributed by atoms with Crippen LogP contribution in [0.1, 0.15) is 17.7 Å². The summed E-state index contributed by atoms with van der Waals surface area (Å²) in [6.07, 6.45) is 1.79. The largest absolute Gasteiger partial charge is 0.324 e. The molecule has 0 atom stereocenters. The van der Waals surface area contributed by atoms with E-state index in [1.807, 2.05) is 18.5 Å². The highest BCUT2D eigenvalue weighted by Gasteiger charge is 2.11. The van der Waals surface area contributed by atoms with E-state index < -0.39 is 0 Å². The zero-order valence-corrected chi connectivity index (χ0v) is 15.1. The van der Waals surface area contributed by atoms with Crippen molar-refractivity contribution in [2.75, 3.05) is 13.6 Å². The summed E-state index contributed by atoms with van der Waals surface area (Å²) in [6.45, 7) is 1.56. The van der Waals surface area contributed by atoms with E-state index in [1.54, 1.807) is 18.2 Å². The molecule has 0 unspecified atom stereocenters. The third-order valence-electron chi connectivity index (χ3n) is 4.03. The molecule has 3 aromatic rings. The van der Waals surface area contributed by atoms with Gasteiger partial charge in [0.1, 0.15) is 5.82 Å². The molecule has 0 aliphatic heterocycles. The lowest BCUT2D eigenvalue weighted by Gasteiger charge is -2.14. The summed E-state index contributed by atoms with van der Waals surface area (Å²) in [4.78, 5) is 12.5. The molecule has 0 saturated carbocycles. The molecule has 0 aliphatic carbocycles. The molecule has 2 aromatic heterocycles. The molecule has 2 heterocycles. The Morgan fingerprint density at radius 1 is 1.31 bits per heavy atom. The summed E-state index contributed by atoms with van der Waals surface area (Å²) < 4.78 is 13.0. The van der Waals surface area contributed by atoms with Crippen molar-refractivity contribution in [3.8, 4) is 11.3 Å². The van der Waals surface area contributed by atoms with Crippen LogP contribution in [0.25, 0.3) is 11.3 Å². The Kier molecular flexibility index (Phi) is 5.75. The Morgan fingerprint density at radius 2 is 2.08 bits per heavy atom. The van der Waals surface area contributed by atoms with Crippen LogP contribution in [-0.2, 0) is 13.0 Å². The zero-order valence-electron chi connectivity index (χ0n) is 14.3. The number of aromatic nitrogens is 2. The molecule has 0 aliphatic rings. The number of nitro groups is 1. The number of halogens is 1. The van der Waals surface area contributed by atoms with Gasteiger partial charge in [0.2, 0.25) is 0 Å². The highest BCUT2D eigenvalue weighted by Crippen LogP contribution is 2.23. The lowest BCUT2D eigenvalue weighted by Crippen LogP contribution is -2.19. The molecule has 8 heteroatoms. The topological polar surface area (TPSA) is 75.1 Å². The minimum Gasteiger partial charge on any atom is -0.302 e. The van der Waals surface area contributed by atoms with Gasteiger partial charge in [-0.3, -0.25) is 15.2 Å². The fraction of sp³-hybridized carbons (Fsp3) is 0.278. The maximum atomic E-state index is 13.0. The van der Waals surface area contributed by atoms with Crippen LogP contribution in [-0.4, -0.2) is 33.6 Å². The van der Waals surface area contributed by atoms with E-state index in [9.17, 15) is 14.5 Å². The summed E-state index contributed by atoms with van der Waals surface area (Å²) in [5.41, 5.74) is 3.68. The number of nitrogens with zero attached hydrogens (tertiary/aromatic N) is 3. The van der Waals surface area contributed by atoms with Crippen LogP contribution in [0.2, 0.25) is 0 Å². The maximum absolute atomic E-state index is 13.0. The molecule has 3 rings (SSSR count). The third kappa shape index (κ3) is 4.74. The fourth-order valence-corrected chi connectivity index (χ4v) is 3.45. The van der Waals surface area contributed by atoms with Gasteiger partial charge in [0.25, 0.3) is 0 Å². The second-order valence-electron chi connectivity index (χ2n) is 6.18. The number of benzene rings is 1.